The molecule has 0 radical (unpaired) electrons. The highest BCUT2D eigenvalue weighted by Gasteiger charge is 2.27. The Bertz CT molecular complexity index is 465. The van der Waals surface area contributed by atoms with Crippen LogP contribution in [0.25, 0.3) is 0 Å². The maximum atomic E-state index is 11.8. The summed E-state index contributed by atoms with van der Waals surface area (Å²) in [5.74, 6) is -0.800. The number of nitrogens with one attached hydrogen (secondary N) is 1. The summed E-state index contributed by atoms with van der Waals surface area (Å²) in [6.45, 7) is 1.48. The first-order chi connectivity index (χ1) is 9.10. The molecule has 0 unspecified atom stereocenters. The highest BCUT2D eigenvalue weighted by molar-refractivity contribution is 5.92. The number of rotatable bonds is 5. The van der Waals surface area contributed by atoms with E-state index in [-0.39, 0.29) is 18.6 Å². The zero-order valence-corrected chi connectivity index (χ0v) is 10.8. The van der Waals surface area contributed by atoms with Crippen molar-refractivity contribution in [1.82, 2.24) is 5.32 Å². The van der Waals surface area contributed by atoms with E-state index in [0.29, 0.717) is 5.56 Å². The molecule has 2 N–H and O–H groups in total. The smallest absolute Gasteiger partial charge is 0.338 e. The number of aliphatic hydroxyl groups excluding tert-OH is 1. The van der Waals surface area contributed by atoms with E-state index >= 15 is 0 Å². The first-order valence-electron chi connectivity index (χ1n) is 6.31. The summed E-state index contributed by atoms with van der Waals surface area (Å²) in [5, 5.41) is 11.7. The first kappa shape index (κ1) is 13.5. The standard InChI is InChI=1S/C14H17NO4/c1-9(13(17)15-12-6-7-12)19-14(18)11-4-2-10(8-16)3-5-11/h2-5,9,12,16H,6-8H2,1H3,(H,15,17)/t9-/m0/s1. The molecule has 19 heavy (non-hydrogen) atoms. The minimum absolute atomic E-state index is 0.0739. The molecule has 0 aromatic heterocycles. The van der Waals surface area contributed by atoms with E-state index in [0.717, 1.165) is 18.4 Å². The molecule has 5 heteroatoms. The quantitative estimate of drug-likeness (QED) is 0.777. The maximum absolute atomic E-state index is 11.8. The lowest BCUT2D eigenvalue weighted by Crippen LogP contribution is -2.37. The van der Waals surface area contributed by atoms with E-state index in [9.17, 15) is 9.59 Å². The summed E-state index contributed by atoms with van der Waals surface area (Å²) < 4.78 is 5.09. The van der Waals surface area contributed by atoms with Crippen molar-refractivity contribution in [3.8, 4) is 0 Å². The van der Waals surface area contributed by atoms with E-state index in [1.165, 1.54) is 0 Å². The van der Waals surface area contributed by atoms with Gasteiger partial charge in [0.1, 0.15) is 0 Å². The van der Waals surface area contributed by atoms with Gasteiger partial charge >= 0.3 is 5.97 Å². The summed E-state index contributed by atoms with van der Waals surface area (Å²) in [4.78, 5) is 23.4. The number of benzene rings is 1. The molecule has 1 aromatic carbocycles. The lowest BCUT2D eigenvalue weighted by Gasteiger charge is -2.13. The molecule has 0 aliphatic heterocycles. The van der Waals surface area contributed by atoms with Crippen LogP contribution in [0.1, 0.15) is 35.7 Å². The summed E-state index contributed by atoms with van der Waals surface area (Å²) in [7, 11) is 0. The number of ether oxygens (including phenoxy) is 1. The summed E-state index contributed by atoms with van der Waals surface area (Å²) >= 11 is 0. The van der Waals surface area contributed by atoms with E-state index in [1.807, 2.05) is 0 Å². The van der Waals surface area contributed by atoms with Crippen molar-refractivity contribution in [3.63, 3.8) is 0 Å². The van der Waals surface area contributed by atoms with Crippen LogP contribution in [-0.2, 0) is 16.1 Å². The van der Waals surface area contributed by atoms with E-state index < -0.39 is 12.1 Å². The van der Waals surface area contributed by atoms with Crippen LogP contribution in [0.3, 0.4) is 0 Å². The fourth-order valence-electron chi connectivity index (χ4n) is 1.57. The lowest BCUT2D eigenvalue weighted by atomic mass is 10.1. The van der Waals surface area contributed by atoms with E-state index in [1.54, 1.807) is 31.2 Å². The Balaban J connectivity index is 1.89. The average Bonchev–Trinajstić information content (AvgIpc) is 3.22. The third-order valence-electron chi connectivity index (χ3n) is 2.95. The minimum atomic E-state index is -0.800. The number of esters is 1. The Morgan fingerprint density at radius 1 is 1.37 bits per heavy atom. The number of amides is 1. The van der Waals surface area contributed by atoms with Gasteiger partial charge in [-0.2, -0.15) is 0 Å². The number of carbonyl (C=O) groups is 2. The zero-order chi connectivity index (χ0) is 13.8. The number of hydrogen-bond acceptors (Lipinski definition) is 4. The van der Waals surface area contributed by atoms with Gasteiger partial charge in [0.25, 0.3) is 5.91 Å². The molecule has 0 heterocycles. The molecule has 0 saturated heterocycles. The Hall–Kier alpha value is -1.88. The predicted molar refractivity (Wildman–Crippen MR) is 68.4 cm³/mol. The van der Waals surface area contributed by atoms with Gasteiger partial charge in [-0.3, -0.25) is 4.79 Å². The van der Waals surface area contributed by atoms with Crippen molar-refractivity contribution in [3.05, 3.63) is 35.4 Å². The van der Waals surface area contributed by atoms with Crippen molar-refractivity contribution in [1.29, 1.82) is 0 Å². The van der Waals surface area contributed by atoms with Crippen molar-refractivity contribution in [2.24, 2.45) is 0 Å². The van der Waals surface area contributed by atoms with Crippen molar-refractivity contribution in [2.45, 2.75) is 38.5 Å². The normalized spacial score (nSPS) is 15.7. The highest BCUT2D eigenvalue weighted by Crippen LogP contribution is 2.19. The fraction of sp³-hybridized carbons (Fsp3) is 0.429. The molecule has 0 spiro atoms. The predicted octanol–water partition coefficient (Wildman–Crippen LogP) is 1.00. The Morgan fingerprint density at radius 2 is 2.00 bits per heavy atom. The largest absolute Gasteiger partial charge is 0.449 e. The minimum Gasteiger partial charge on any atom is -0.449 e. The van der Waals surface area contributed by atoms with Gasteiger partial charge in [-0.1, -0.05) is 12.1 Å². The van der Waals surface area contributed by atoms with Gasteiger partial charge in [0.15, 0.2) is 6.10 Å². The van der Waals surface area contributed by atoms with Gasteiger partial charge in [-0.25, -0.2) is 4.79 Å². The van der Waals surface area contributed by atoms with Crippen LogP contribution in [0.2, 0.25) is 0 Å². The monoisotopic (exact) mass is 263 g/mol. The Kier molecular flexibility index (Phi) is 4.16. The second-order valence-electron chi connectivity index (χ2n) is 4.69. The Labute approximate surface area is 111 Å². The van der Waals surface area contributed by atoms with Crippen LogP contribution in [-0.4, -0.2) is 29.1 Å². The van der Waals surface area contributed by atoms with Crippen LogP contribution in [0.4, 0.5) is 0 Å². The first-order valence-corrected chi connectivity index (χ1v) is 6.31. The van der Waals surface area contributed by atoms with Crippen molar-refractivity contribution < 1.29 is 19.4 Å². The van der Waals surface area contributed by atoms with Crippen molar-refractivity contribution >= 4 is 11.9 Å². The molecule has 1 fully saturated rings. The summed E-state index contributed by atoms with van der Waals surface area (Å²) in [6.07, 6.45) is 1.19. The third kappa shape index (κ3) is 3.79. The van der Waals surface area contributed by atoms with Gasteiger partial charge in [-0.15, -0.1) is 0 Å². The van der Waals surface area contributed by atoms with Gasteiger partial charge in [0.2, 0.25) is 0 Å². The fourth-order valence-corrected chi connectivity index (χ4v) is 1.57. The van der Waals surface area contributed by atoms with Crippen LogP contribution in [0.15, 0.2) is 24.3 Å². The second-order valence-corrected chi connectivity index (χ2v) is 4.69. The lowest BCUT2D eigenvalue weighted by molar-refractivity contribution is -0.129. The second kappa shape index (κ2) is 5.84. The third-order valence-corrected chi connectivity index (χ3v) is 2.95. The Morgan fingerprint density at radius 3 is 2.53 bits per heavy atom. The average molecular weight is 263 g/mol. The van der Waals surface area contributed by atoms with Gasteiger partial charge in [0.05, 0.1) is 12.2 Å². The van der Waals surface area contributed by atoms with E-state index in [4.69, 9.17) is 9.84 Å². The van der Waals surface area contributed by atoms with Crippen LogP contribution < -0.4 is 5.32 Å². The molecular weight excluding hydrogens is 246 g/mol. The van der Waals surface area contributed by atoms with E-state index in [2.05, 4.69) is 5.32 Å². The summed E-state index contributed by atoms with van der Waals surface area (Å²) in [6, 6.07) is 6.67. The number of aliphatic hydroxyl groups is 1. The highest BCUT2D eigenvalue weighted by atomic mass is 16.5. The zero-order valence-electron chi connectivity index (χ0n) is 10.8. The topological polar surface area (TPSA) is 75.6 Å². The number of carbonyl (C=O) groups excluding carboxylic acids is 2. The van der Waals surface area contributed by atoms with Crippen molar-refractivity contribution in [2.75, 3.05) is 0 Å². The molecule has 5 nitrogen and oxygen atoms in total. The molecule has 1 amide bonds. The van der Waals surface area contributed by atoms with Gasteiger partial charge < -0.3 is 15.2 Å². The molecular formula is C14H17NO4. The van der Waals surface area contributed by atoms with Crippen LogP contribution in [0, 0.1) is 0 Å². The molecule has 1 saturated carbocycles. The SMILES string of the molecule is C[C@H](OC(=O)c1ccc(CO)cc1)C(=O)NC1CC1. The van der Waals surface area contributed by atoms with Gasteiger partial charge in [-0.05, 0) is 37.5 Å². The van der Waals surface area contributed by atoms with Crippen LogP contribution in [0.5, 0.6) is 0 Å². The molecule has 2 rings (SSSR count). The molecule has 1 aliphatic rings. The molecule has 102 valence electrons. The summed E-state index contributed by atoms with van der Waals surface area (Å²) in [5.41, 5.74) is 1.08. The van der Waals surface area contributed by atoms with Gasteiger partial charge in [0, 0.05) is 6.04 Å². The maximum Gasteiger partial charge on any atom is 0.338 e. The molecule has 1 aliphatic carbocycles. The van der Waals surface area contributed by atoms with Crippen LogP contribution >= 0.6 is 0 Å². The molecule has 1 aromatic rings. The molecule has 1 atom stereocenters. The number of hydrogen-bond donors (Lipinski definition) is 2. The molecule has 0 bridgehead atoms.